The van der Waals surface area contributed by atoms with E-state index in [4.69, 9.17) is 10.5 Å². The monoisotopic (exact) mass is 288 g/mol. The molecule has 1 aromatic carbocycles. The van der Waals surface area contributed by atoms with Crippen molar-refractivity contribution in [2.24, 2.45) is 0 Å². The molecule has 3 nitrogen and oxygen atoms in total. The van der Waals surface area contributed by atoms with E-state index in [0.29, 0.717) is 11.6 Å². The molecule has 20 heavy (non-hydrogen) atoms. The Hall–Kier alpha value is -1.68. The first-order chi connectivity index (χ1) is 9.40. The zero-order chi connectivity index (χ0) is 14.8. The van der Waals surface area contributed by atoms with Crippen molar-refractivity contribution in [2.45, 2.75) is 36.1 Å². The number of ether oxygens (including phenoxy) is 1. The lowest BCUT2D eigenvalue weighted by atomic mass is 9.87. The zero-order valence-electron chi connectivity index (χ0n) is 12.3. The molecule has 0 fully saturated rings. The topological polar surface area (TPSA) is 48.1 Å². The summed E-state index contributed by atoms with van der Waals surface area (Å²) in [6, 6.07) is 12.1. The number of nitrogen functional groups attached to an aromatic ring is 1. The first-order valence-corrected chi connectivity index (χ1v) is 7.31. The summed E-state index contributed by atoms with van der Waals surface area (Å²) in [5.41, 5.74) is 8.09. The van der Waals surface area contributed by atoms with Crippen LogP contribution in [0.1, 0.15) is 26.3 Å². The summed E-state index contributed by atoms with van der Waals surface area (Å²) < 4.78 is 5.13. The Morgan fingerprint density at radius 2 is 1.70 bits per heavy atom. The average molecular weight is 288 g/mol. The van der Waals surface area contributed by atoms with Gasteiger partial charge in [-0.2, -0.15) is 0 Å². The quantitative estimate of drug-likeness (QED) is 0.923. The van der Waals surface area contributed by atoms with Gasteiger partial charge in [0.1, 0.15) is 5.03 Å². The van der Waals surface area contributed by atoms with Gasteiger partial charge < -0.3 is 10.5 Å². The third-order valence-corrected chi connectivity index (χ3v) is 4.04. The summed E-state index contributed by atoms with van der Waals surface area (Å²) >= 11 is 1.55. The highest BCUT2D eigenvalue weighted by Gasteiger charge is 2.13. The van der Waals surface area contributed by atoms with Crippen LogP contribution in [0.3, 0.4) is 0 Å². The van der Waals surface area contributed by atoms with E-state index in [-0.39, 0.29) is 5.41 Å². The van der Waals surface area contributed by atoms with E-state index in [1.165, 1.54) is 5.56 Å². The van der Waals surface area contributed by atoms with E-state index in [9.17, 15) is 0 Å². The van der Waals surface area contributed by atoms with Crippen LogP contribution in [-0.4, -0.2) is 12.1 Å². The summed E-state index contributed by atoms with van der Waals surface area (Å²) in [7, 11) is 1.60. The minimum Gasteiger partial charge on any atom is -0.481 e. The molecular weight excluding hydrogens is 268 g/mol. The Morgan fingerprint density at radius 3 is 2.25 bits per heavy atom. The van der Waals surface area contributed by atoms with Crippen LogP contribution >= 0.6 is 11.8 Å². The predicted molar refractivity (Wildman–Crippen MR) is 84.5 cm³/mol. The van der Waals surface area contributed by atoms with Crippen LogP contribution in [0.15, 0.2) is 46.3 Å². The third kappa shape index (κ3) is 3.45. The number of rotatable bonds is 3. The van der Waals surface area contributed by atoms with Gasteiger partial charge in [0.2, 0.25) is 5.88 Å². The van der Waals surface area contributed by atoms with Crippen LogP contribution < -0.4 is 10.5 Å². The minimum atomic E-state index is 0.163. The normalized spacial score (nSPS) is 11.4. The molecule has 0 saturated carbocycles. The van der Waals surface area contributed by atoms with Crippen molar-refractivity contribution in [3.8, 4) is 5.88 Å². The largest absolute Gasteiger partial charge is 0.481 e. The van der Waals surface area contributed by atoms with Gasteiger partial charge in [-0.15, -0.1) is 0 Å². The second-order valence-corrected chi connectivity index (χ2v) is 6.69. The fourth-order valence-electron chi connectivity index (χ4n) is 1.76. The van der Waals surface area contributed by atoms with Gasteiger partial charge in [-0.25, -0.2) is 4.98 Å². The highest BCUT2D eigenvalue weighted by Crippen LogP contribution is 2.33. The van der Waals surface area contributed by atoms with Gasteiger partial charge in [0.25, 0.3) is 0 Å². The second-order valence-electron chi connectivity index (χ2n) is 5.62. The maximum Gasteiger partial charge on any atom is 0.214 e. The second kappa shape index (κ2) is 5.75. The molecule has 0 aliphatic heterocycles. The van der Waals surface area contributed by atoms with Crippen molar-refractivity contribution in [1.82, 2.24) is 4.98 Å². The van der Waals surface area contributed by atoms with Crippen LogP contribution in [0, 0.1) is 0 Å². The number of hydrogen-bond acceptors (Lipinski definition) is 4. The van der Waals surface area contributed by atoms with Gasteiger partial charge in [-0.05, 0) is 29.2 Å². The molecule has 1 aromatic heterocycles. The lowest BCUT2D eigenvalue weighted by Gasteiger charge is -2.19. The molecule has 2 rings (SSSR count). The average Bonchev–Trinajstić information content (AvgIpc) is 2.41. The Labute approximate surface area is 124 Å². The lowest BCUT2D eigenvalue weighted by Crippen LogP contribution is -2.10. The van der Waals surface area contributed by atoms with E-state index < -0.39 is 0 Å². The van der Waals surface area contributed by atoms with E-state index in [0.717, 1.165) is 9.92 Å². The molecule has 2 aromatic rings. The number of nitrogens with zero attached hydrogens (tertiary/aromatic N) is 1. The van der Waals surface area contributed by atoms with E-state index in [1.807, 2.05) is 6.07 Å². The minimum absolute atomic E-state index is 0.163. The molecule has 0 spiro atoms. The maximum atomic E-state index is 5.95. The number of pyridine rings is 1. The maximum absolute atomic E-state index is 5.95. The smallest absolute Gasteiger partial charge is 0.214 e. The Morgan fingerprint density at radius 1 is 1.05 bits per heavy atom. The molecule has 0 unspecified atom stereocenters. The summed E-state index contributed by atoms with van der Waals surface area (Å²) in [5, 5.41) is 0.771. The van der Waals surface area contributed by atoms with Crippen LogP contribution in [0.25, 0.3) is 0 Å². The molecular formula is C16H20N2OS. The number of anilines is 1. The van der Waals surface area contributed by atoms with Crippen molar-refractivity contribution >= 4 is 17.4 Å². The number of hydrogen-bond donors (Lipinski definition) is 1. The zero-order valence-corrected chi connectivity index (χ0v) is 13.1. The van der Waals surface area contributed by atoms with Crippen LogP contribution in [-0.2, 0) is 5.41 Å². The highest BCUT2D eigenvalue weighted by molar-refractivity contribution is 7.99. The summed E-state index contributed by atoms with van der Waals surface area (Å²) in [6.07, 6.45) is 0. The predicted octanol–water partition coefficient (Wildman–Crippen LogP) is 4.12. The fraction of sp³-hybridized carbons (Fsp3) is 0.312. The summed E-state index contributed by atoms with van der Waals surface area (Å²) in [5.74, 6) is 0.577. The van der Waals surface area contributed by atoms with Gasteiger partial charge >= 0.3 is 0 Å². The Kier molecular flexibility index (Phi) is 4.23. The van der Waals surface area contributed by atoms with E-state index in [2.05, 4.69) is 50.0 Å². The molecule has 4 heteroatoms. The van der Waals surface area contributed by atoms with Crippen molar-refractivity contribution in [3.63, 3.8) is 0 Å². The SMILES string of the molecule is COc1ccc(N)c(Sc2ccc(C(C)(C)C)cc2)n1. The van der Waals surface area contributed by atoms with Gasteiger partial charge in [0.05, 0.1) is 12.8 Å². The molecule has 0 radical (unpaired) electrons. The van der Waals surface area contributed by atoms with Gasteiger partial charge in [0, 0.05) is 11.0 Å². The van der Waals surface area contributed by atoms with Gasteiger partial charge in [0.15, 0.2) is 0 Å². The Bertz CT molecular complexity index is 588. The molecule has 2 N–H and O–H groups in total. The number of benzene rings is 1. The number of aromatic nitrogens is 1. The molecule has 0 aliphatic rings. The first kappa shape index (κ1) is 14.7. The molecule has 0 atom stereocenters. The summed E-state index contributed by atoms with van der Waals surface area (Å²) in [4.78, 5) is 5.49. The summed E-state index contributed by atoms with van der Waals surface area (Å²) in [6.45, 7) is 6.62. The number of methoxy groups -OCH3 is 1. The van der Waals surface area contributed by atoms with Crippen LogP contribution in [0.2, 0.25) is 0 Å². The van der Waals surface area contributed by atoms with Crippen molar-refractivity contribution in [2.75, 3.05) is 12.8 Å². The number of nitrogens with two attached hydrogens (primary N) is 1. The molecule has 1 heterocycles. The molecule has 106 valence electrons. The van der Waals surface area contributed by atoms with Crippen molar-refractivity contribution < 1.29 is 4.74 Å². The first-order valence-electron chi connectivity index (χ1n) is 6.49. The van der Waals surface area contributed by atoms with Crippen molar-refractivity contribution in [1.29, 1.82) is 0 Å². The fourth-order valence-corrected chi connectivity index (χ4v) is 2.58. The molecule has 0 aliphatic carbocycles. The van der Waals surface area contributed by atoms with Gasteiger partial charge in [-0.1, -0.05) is 44.7 Å². The van der Waals surface area contributed by atoms with E-state index >= 15 is 0 Å². The lowest BCUT2D eigenvalue weighted by molar-refractivity contribution is 0.395. The molecule has 0 bridgehead atoms. The van der Waals surface area contributed by atoms with Crippen LogP contribution in [0.4, 0.5) is 5.69 Å². The standard InChI is InChI=1S/C16H20N2OS/c1-16(2,3)11-5-7-12(8-6-11)20-15-13(17)9-10-14(18-15)19-4/h5-10H,17H2,1-4H3. The van der Waals surface area contributed by atoms with Gasteiger partial charge in [-0.3, -0.25) is 0 Å². The van der Waals surface area contributed by atoms with Crippen molar-refractivity contribution in [3.05, 3.63) is 42.0 Å². The third-order valence-electron chi connectivity index (χ3n) is 3.01. The molecule has 0 saturated heterocycles. The molecule has 0 amide bonds. The van der Waals surface area contributed by atoms with E-state index in [1.54, 1.807) is 24.9 Å². The Balaban J connectivity index is 2.22. The van der Waals surface area contributed by atoms with Crippen LogP contribution in [0.5, 0.6) is 5.88 Å². The highest BCUT2D eigenvalue weighted by atomic mass is 32.2.